The summed E-state index contributed by atoms with van der Waals surface area (Å²) in [5.74, 6) is -0.782. The summed E-state index contributed by atoms with van der Waals surface area (Å²) in [5, 5.41) is 9.58. The van der Waals surface area contributed by atoms with Gasteiger partial charge in [-0.3, -0.25) is 4.79 Å². The maximum atomic E-state index is 11.2. The lowest BCUT2D eigenvalue weighted by Crippen LogP contribution is -2.14. The Morgan fingerprint density at radius 2 is 2.24 bits per heavy atom. The highest BCUT2D eigenvalue weighted by molar-refractivity contribution is 5.74. The molecule has 0 aromatic heterocycles. The van der Waals surface area contributed by atoms with Crippen molar-refractivity contribution >= 4 is 5.97 Å². The second-order valence-electron chi connectivity index (χ2n) is 3.69. The van der Waals surface area contributed by atoms with Gasteiger partial charge < -0.3 is 14.6 Å². The standard InChI is InChI=1S/C13H22O4/c1-4-6-8-17-9-7-12(14)10-11(5-2)13(15)16-3/h5,7,11,14H,2,4,6,8-10H2,1,3H3/b12-7+/t11-/m0/s1. The molecule has 0 rings (SSSR count). The van der Waals surface area contributed by atoms with Crippen LogP contribution in [0.3, 0.4) is 0 Å². The van der Waals surface area contributed by atoms with Crippen LogP contribution >= 0.6 is 0 Å². The van der Waals surface area contributed by atoms with E-state index in [-0.39, 0.29) is 12.2 Å². The molecule has 17 heavy (non-hydrogen) atoms. The number of unbranched alkanes of at least 4 members (excludes halogenated alkanes) is 1. The number of hydrogen-bond donors (Lipinski definition) is 1. The van der Waals surface area contributed by atoms with Crippen LogP contribution < -0.4 is 0 Å². The Morgan fingerprint density at radius 1 is 1.53 bits per heavy atom. The first kappa shape index (κ1) is 15.7. The third-order valence-electron chi connectivity index (χ3n) is 2.30. The first-order chi connectivity index (χ1) is 8.15. The normalized spacial score (nSPS) is 13.2. The van der Waals surface area contributed by atoms with Gasteiger partial charge in [-0.1, -0.05) is 19.4 Å². The van der Waals surface area contributed by atoms with Gasteiger partial charge in [-0.25, -0.2) is 0 Å². The van der Waals surface area contributed by atoms with E-state index < -0.39 is 11.9 Å². The SMILES string of the molecule is C=C[C@@H](C/C(O)=C\COCCCC)C(=O)OC. The van der Waals surface area contributed by atoms with Crippen LogP contribution in [0.15, 0.2) is 24.5 Å². The van der Waals surface area contributed by atoms with E-state index in [4.69, 9.17) is 4.74 Å². The van der Waals surface area contributed by atoms with E-state index in [9.17, 15) is 9.90 Å². The van der Waals surface area contributed by atoms with Crippen LogP contribution in [0, 0.1) is 5.92 Å². The minimum Gasteiger partial charge on any atom is -0.513 e. The Labute approximate surface area is 103 Å². The molecule has 0 amide bonds. The van der Waals surface area contributed by atoms with Crippen LogP contribution in [0.2, 0.25) is 0 Å². The van der Waals surface area contributed by atoms with E-state index in [1.54, 1.807) is 6.08 Å². The molecule has 4 nitrogen and oxygen atoms in total. The third-order valence-corrected chi connectivity index (χ3v) is 2.30. The lowest BCUT2D eigenvalue weighted by atomic mass is 10.0. The maximum absolute atomic E-state index is 11.2. The summed E-state index contributed by atoms with van der Waals surface area (Å²) >= 11 is 0. The summed E-state index contributed by atoms with van der Waals surface area (Å²) in [6, 6.07) is 0. The molecule has 0 saturated heterocycles. The minimum absolute atomic E-state index is 0.122. The fraction of sp³-hybridized carbons (Fsp3) is 0.615. The van der Waals surface area contributed by atoms with Gasteiger partial charge in [0, 0.05) is 13.0 Å². The molecule has 0 radical (unpaired) electrons. The highest BCUT2D eigenvalue weighted by Gasteiger charge is 2.16. The second-order valence-corrected chi connectivity index (χ2v) is 3.69. The summed E-state index contributed by atoms with van der Waals surface area (Å²) < 4.78 is 9.85. The number of methoxy groups -OCH3 is 1. The topological polar surface area (TPSA) is 55.8 Å². The Kier molecular flexibility index (Phi) is 9.15. The number of aliphatic hydroxyl groups is 1. The molecule has 98 valence electrons. The van der Waals surface area contributed by atoms with Crippen molar-refractivity contribution in [2.75, 3.05) is 20.3 Å². The van der Waals surface area contributed by atoms with E-state index in [0.717, 1.165) is 12.8 Å². The lowest BCUT2D eigenvalue weighted by molar-refractivity contribution is -0.143. The Balaban J connectivity index is 3.95. The lowest BCUT2D eigenvalue weighted by Gasteiger charge is -2.09. The van der Waals surface area contributed by atoms with Gasteiger partial charge >= 0.3 is 5.97 Å². The maximum Gasteiger partial charge on any atom is 0.312 e. The van der Waals surface area contributed by atoms with E-state index in [0.29, 0.717) is 13.2 Å². The van der Waals surface area contributed by atoms with Crippen molar-refractivity contribution in [3.05, 3.63) is 24.5 Å². The van der Waals surface area contributed by atoms with Gasteiger partial charge in [0.25, 0.3) is 0 Å². The molecule has 0 aromatic carbocycles. The molecule has 0 spiro atoms. The summed E-state index contributed by atoms with van der Waals surface area (Å²) in [6.07, 6.45) is 5.32. The quantitative estimate of drug-likeness (QED) is 0.292. The molecule has 0 aliphatic carbocycles. The van der Waals surface area contributed by atoms with Gasteiger partial charge in [0.1, 0.15) is 0 Å². The molecule has 1 N–H and O–H groups in total. The zero-order valence-electron chi connectivity index (χ0n) is 10.6. The smallest absolute Gasteiger partial charge is 0.312 e. The number of esters is 1. The van der Waals surface area contributed by atoms with Crippen molar-refractivity contribution in [3.63, 3.8) is 0 Å². The first-order valence-corrected chi connectivity index (χ1v) is 5.81. The predicted octanol–water partition coefficient (Wildman–Crippen LogP) is 2.61. The molecule has 0 heterocycles. The van der Waals surface area contributed by atoms with Crippen molar-refractivity contribution in [3.8, 4) is 0 Å². The average Bonchev–Trinajstić information content (AvgIpc) is 2.34. The number of hydrogen-bond acceptors (Lipinski definition) is 4. The van der Waals surface area contributed by atoms with Gasteiger partial charge in [0.15, 0.2) is 0 Å². The molecular formula is C13H22O4. The molecule has 0 saturated carbocycles. The number of rotatable bonds is 9. The summed E-state index contributed by atoms with van der Waals surface area (Å²) in [5.41, 5.74) is 0. The first-order valence-electron chi connectivity index (χ1n) is 5.81. The Hall–Kier alpha value is -1.29. The molecule has 0 aliphatic heterocycles. The molecule has 1 atom stereocenters. The molecule has 0 aliphatic rings. The summed E-state index contributed by atoms with van der Waals surface area (Å²) in [6.45, 7) is 6.66. The van der Waals surface area contributed by atoms with Crippen LogP contribution in [-0.2, 0) is 14.3 Å². The molecule has 0 bridgehead atoms. The highest BCUT2D eigenvalue weighted by atomic mass is 16.5. The zero-order valence-corrected chi connectivity index (χ0v) is 10.6. The highest BCUT2D eigenvalue weighted by Crippen LogP contribution is 2.12. The largest absolute Gasteiger partial charge is 0.513 e. The number of carbonyl (C=O) groups is 1. The van der Waals surface area contributed by atoms with Crippen LogP contribution in [0.5, 0.6) is 0 Å². The predicted molar refractivity (Wildman–Crippen MR) is 66.8 cm³/mol. The molecule has 0 fully saturated rings. The van der Waals surface area contributed by atoms with Gasteiger partial charge in [0.2, 0.25) is 0 Å². The third kappa shape index (κ3) is 7.58. The molecule has 4 heteroatoms. The van der Waals surface area contributed by atoms with Gasteiger partial charge in [-0.15, -0.1) is 6.58 Å². The molecule has 0 aromatic rings. The van der Waals surface area contributed by atoms with Crippen LogP contribution in [0.1, 0.15) is 26.2 Å². The van der Waals surface area contributed by atoms with Crippen LogP contribution in [0.25, 0.3) is 0 Å². The van der Waals surface area contributed by atoms with Crippen molar-refractivity contribution in [2.24, 2.45) is 5.92 Å². The van der Waals surface area contributed by atoms with Gasteiger partial charge in [0.05, 0.1) is 25.4 Å². The van der Waals surface area contributed by atoms with E-state index in [2.05, 4.69) is 18.2 Å². The number of aliphatic hydroxyl groups excluding tert-OH is 1. The van der Waals surface area contributed by atoms with Crippen molar-refractivity contribution in [1.29, 1.82) is 0 Å². The van der Waals surface area contributed by atoms with Crippen molar-refractivity contribution < 1.29 is 19.4 Å². The minimum atomic E-state index is -0.508. The van der Waals surface area contributed by atoms with Gasteiger partial charge in [-0.05, 0) is 12.5 Å². The van der Waals surface area contributed by atoms with Crippen LogP contribution in [-0.4, -0.2) is 31.4 Å². The Bertz CT molecular complexity index is 258. The fourth-order valence-corrected chi connectivity index (χ4v) is 1.21. The van der Waals surface area contributed by atoms with Crippen LogP contribution in [0.4, 0.5) is 0 Å². The fourth-order valence-electron chi connectivity index (χ4n) is 1.21. The Morgan fingerprint density at radius 3 is 2.76 bits per heavy atom. The molecule has 0 unspecified atom stereocenters. The van der Waals surface area contributed by atoms with Crippen molar-refractivity contribution in [1.82, 2.24) is 0 Å². The van der Waals surface area contributed by atoms with E-state index >= 15 is 0 Å². The van der Waals surface area contributed by atoms with Gasteiger partial charge in [-0.2, -0.15) is 0 Å². The second kappa shape index (κ2) is 9.90. The van der Waals surface area contributed by atoms with E-state index in [1.165, 1.54) is 13.2 Å². The number of carbonyl (C=O) groups excluding carboxylic acids is 1. The van der Waals surface area contributed by atoms with E-state index in [1.807, 2.05) is 0 Å². The number of allylic oxidation sites excluding steroid dienone is 1. The number of ether oxygens (including phenoxy) is 2. The average molecular weight is 242 g/mol. The molecular weight excluding hydrogens is 220 g/mol. The van der Waals surface area contributed by atoms with Crippen molar-refractivity contribution in [2.45, 2.75) is 26.2 Å². The summed E-state index contributed by atoms with van der Waals surface area (Å²) in [4.78, 5) is 11.2. The summed E-state index contributed by atoms with van der Waals surface area (Å²) in [7, 11) is 1.31. The zero-order chi connectivity index (χ0) is 13.1. The monoisotopic (exact) mass is 242 g/mol.